The van der Waals surface area contributed by atoms with Crippen molar-refractivity contribution in [3.05, 3.63) is 53.1 Å². The smallest absolute Gasteiger partial charge is 0.319 e. The van der Waals surface area contributed by atoms with Crippen LogP contribution in [0.3, 0.4) is 0 Å². The maximum absolute atomic E-state index is 12.1. The van der Waals surface area contributed by atoms with E-state index < -0.39 is 0 Å². The van der Waals surface area contributed by atoms with Crippen molar-refractivity contribution in [1.29, 1.82) is 0 Å². The van der Waals surface area contributed by atoms with Gasteiger partial charge in [-0.15, -0.1) is 0 Å². The van der Waals surface area contributed by atoms with E-state index in [0.717, 1.165) is 29.7 Å². The number of carbonyl (C=O) groups excluding carboxylic acids is 1. The Morgan fingerprint density at radius 2 is 2.08 bits per heavy atom. The van der Waals surface area contributed by atoms with Crippen molar-refractivity contribution in [2.75, 3.05) is 17.6 Å². The molecule has 0 aliphatic carbocycles. The summed E-state index contributed by atoms with van der Waals surface area (Å²) in [7, 11) is 0. The van der Waals surface area contributed by atoms with Crippen molar-refractivity contribution in [2.45, 2.75) is 39.2 Å². The van der Waals surface area contributed by atoms with Crippen LogP contribution in [-0.2, 0) is 12.8 Å². The van der Waals surface area contributed by atoms with Gasteiger partial charge in [-0.05, 0) is 62.1 Å². The summed E-state index contributed by atoms with van der Waals surface area (Å²) in [5.41, 5.74) is 10.3. The summed E-state index contributed by atoms with van der Waals surface area (Å²) in [5.74, 6) is 0.973. The van der Waals surface area contributed by atoms with Crippen LogP contribution >= 0.6 is 0 Å². The lowest BCUT2D eigenvalue weighted by molar-refractivity contribution is 0.137. The normalized spacial score (nSPS) is 14.5. The molecule has 0 aromatic heterocycles. The highest BCUT2D eigenvalue weighted by molar-refractivity contribution is 5.89. The van der Waals surface area contributed by atoms with Gasteiger partial charge in [-0.3, -0.25) is 0 Å². The highest BCUT2D eigenvalue weighted by Crippen LogP contribution is 2.37. The van der Waals surface area contributed by atoms with Gasteiger partial charge in [-0.1, -0.05) is 18.2 Å². The van der Waals surface area contributed by atoms with E-state index in [1.807, 2.05) is 19.1 Å². The van der Waals surface area contributed by atoms with Gasteiger partial charge in [0.2, 0.25) is 0 Å². The molecule has 0 radical (unpaired) electrons. The van der Waals surface area contributed by atoms with Crippen LogP contribution in [0.25, 0.3) is 0 Å². The number of nitrogen functional groups attached to an aromatic ring is 1. The number of ether oxygens (including phenoxy) is 1. The summed E-state index contributed by atoms with van der Waals surface area (Å²) in [6.45, 7) is 6.66. The zero-order valence-corrected chi connectivity index (χ0v) is 15.0. The first kappa shape index (κ1) is 17.1. The number of hydrogen-bond acceptors (Lipinski definition) is 3. The summed E-state index contributed by atoms with van der Waals surface area (Å²) in [6.07, 6.45) is 1.64. The van der Waals surface area contributed by atoms with Crippen molar-refractivity contribution in [1.82, 2.24) is 5.32 Å². The molecule has 132 valence electrons. The van der Waals surface area contributed by atoms with Crippen LogP contribution in [0.5, 0.6) is 5.75 Å². The Morgan fingerprint density at radius 3 is 2.84 bits per heavy atom. The van der Waals surface area contributed by atoms with Gasteiger partial charge in [-0.25, -0.2) is 4.79 Å². The number of para-hydroxylation sites is 1. The predicted octanol–water partition coefficient (Wildman–Crippen LogP) is 3.65. The number of anilines is 2. The molecule has 0 fully saturated rings. The van der Waals surface area contributed by atoms with Crippen LogP contribution in [0.2, 0.25) is 0 Å². The van der Waals surface area contributed by atoms with E-state index in [2.05, 4.69) is 42.7 Å². The zero-order chi connectivity index (χ0) is 18.0. The molecule has 0 bridgehead atoms. The molecule has 3 rings (SSSR count). The van der Waals surface area contributed by atoms with Gasteiger partial charge in [0, 0.05) is 24.3 Å². The summed E-state index contributed by atoms with van der Waals surface area (Å²) in [6, 6.07) is 11.5. The van der Waals surface area contributed by atoms with E-state index in [4.69, 9.17) is 10.5 Å². The molecule has 5 heteroatoms. The van der Waals surface area contributed by atoms with Crippen molar-refractivity contribution in [3.8, 4) is 5.75 Å². The van der Waals surface area contributed by atoms with Gasteiger partial charge >= 0.3 is 6.03 Å². The van der Waals surface area contributed by atoms with Crippen molar-refractivity contribution in [3.63, 3.8) is 0 Å². The number of benzene rings is 2. The Bertz CT molecular complexity index is 779. The molecule has 0 atom stereocenters. The highest BCUT2D eigenvalue weighted by Gasteiger charge is 2.31. The first-order chi connectivity index (χ1) is 11.8. The molecule has 2 aromatic rings. The van der Waals surface area contributed by atoms with Gasteiger partial charge in [-0.2, -0.15) is 0 Å². The lowest BCUT2D eigenvalue weighted by Gasteiger charge is -2.18. The van der Waals surface area contributed by atoms with Crippen LogP contribution in [-0.4, -0.2) is 18.2 Å². The number of hydrogen-bond donors (Lipinski definition) is 3. The van der Waals surface area contributed by atoms with E-state index in [1.165, 1.54) is 5.56 Å². The van der Waals surface area contributed by atoms with E-state index in [-0.39, 0.29) is 11.6 Å². The molecule has 0 saturated heterocycles. The first-order valence-electron chi connectivity index (χ1n) is 8.54. The molecular weight excluding hydrogens is 314 g/mol. The molecule has 1 aliphatic heterocycles. The van der Waals surface area contributed by atoms with Crippen molar-refractivity contribution in [2.24, 2.45) is 0 Å². The van der Waals surface area contributed by atoms with E-state index in [1.54, 1.807) is 6.07 Å². The van der Waals surface area contributed by atoms with Crippen molar-refractivity contribution < 1.29 is 9.53 Å². The molecule has 2 aromatic carbocycles. The second-order valence-corrected chi connectivity index (χ2v) is 7.21. The molecule has 2 amide bonds. The number of rotatable bonds is 4. The third-order valence-corrected chi connectivity index (χ3v) is 4.21. The van der Waals surface area contributed by atoms with Gasteiger partial charge in [0.25, 0.3) is 0 Å². The topological polar surface area (TPSA) is 76.4 Å². The van der Waals surface area contributed by atoms with E-state index in [0.29, 0.717) is 17.9 Å². The van der Waals surface area contributed by atoms with E-state index >= 15 is 0 Å². The Kier molecular flexibility index (Phi) is 4.57. The molecule has 1 aliphatic rings. The average Bonchev–Trinajstić information content (AvgIpc) is 2.81. The third kappa shape index (κ3) is 4.24. The molecule has 4 N–H and O–H groups in total. The summed E-state index contributed by atoms with van der Waals surface area (Å²) < 4.78 is 6.06. The maximum Gasteiger partial charge on any atom is 0.319 e. The van der Waals surface area contributed by atoms with Crippen LogP contribution in [0, 0.1) is 6.92 Å². The maximum atomic E-state index is 12.1. The Labute approximate surface area is 148 Å². The minimum atomic E-state index is -0.237. The number of amides is 2. The number of aryl methyl sites for hydroxylation is 1. The Balaban J connectivity index is 1.55. The van der Waals surface area contributed by atoms with Gasteiger partial charge < -0.3 is 21.1 Å². The Hall–Kier alpha value is -2.69. The number of carbonyl (C=O) groups is 1. The minimum absolute atomic E-state index is 0.158. The quantitative estimate of drug-likeness (QED) is 0.744. The number of urea groups is 1. The largest absolute Gasteiger partial charge is 0.487 e. The standard InChI is InChI=1S/C20H25N3O2/c1-13-9-16(21)11-17(10-13)23-19(24)22-8-7-14-5-4-6-15-12-20(2,3)25-18(14)15/h4-6,9-11H,7-8,12,21H2,1-3H3,(H2,22,23,24). The molecule has 0 spiro atoms. The zero-order valence-electron chi connectivity index (χ0n) is 15.0. The molecule has 0 saturated carbocycles. The van der Waals surface area contributed by atoms with Crippen molar-refractivity contribution >= 4 is 17.4 Å². The van der Waals surface area contributed by atoms with Gasteiger partial charge in [0.05, 0.1) is 0 Å². The fourth-order valence-corrected chi connectivity index (χ4v) is 3.25. The molecule has 1 heterocycles. The fourth-order valence-electron chi connectivity index (χ4n) is 3.25. The van der Waals surface area contributed by atoms with Gasteiger partial charge in [0.1, 0.15) is 11.4 Å². The summed E-state index contributed by atoms with van der Waals surface area (Å²) in [5, 5.41) is 5.70. The molecular formula is C20H25N3O2. The monoisotopic (exact) mass is 339 g/mol. The minimum Gasteiger partial charge on any atom is -0.487 e. The van der Waals surface area contributed by atoms with Crippen LogP contribution < -0.4 is 21.1 Å². The molecule has 0 unspecified atom stereocenters. The second-order valence-electron chi connectivity index (χ2n) is 7.21. The predicted molar refractivity (Wildman–Crippen MR) is 101 cm³/mol. The summed E-state index contributed by atoms with van der Waals surface area (Å²) in [4.78, 5) is 12.1. The molecule has 25 heavy (non-hydrogen) atoms. The Morgan fingerprint density at radius 1 is 1.28 bits per heavy atom. The SMILES string of the molecule is Cc1cc(N)cc(NC(=O)NCCc2cccc3c2OC(C)(C)C3)c1. The fraction of sp³-hybridized carbons (Fsp3) is 0.350. The first-order valence-corrected chi connectivity index (χ1v) is 8.54. The number of nitrogens with one attached hydrogen (secondary N) is 2. The van der Waals surface area contributed by atoms with Gasteiger partial charge in [0.15, 0.2) is 0 Å². The van der Waals surface area contributed by atoms with E-state index in [9.17, 15) is 4.79 Å². The van der Waals surface area contributed by atoms with Crippen LogP contribution in [0.15, 0.2) is 36.4 Å². The average molecular weight is 339 g/mol. The number of nitrogens with two attached hydrogens (primary N) is 1. The lowest BCUT2D eigenvalue weighted by atomic mass is 10.00. The lowest BCUT2D eigenvalue weighted by Crippen LogP contribution is -2.30. The highest BCUT2D eigenvalue weighted by atomic mass is 16.5. The van der Waals surface area contributed by atoms with Crippen LogP contribution in [0.1, 0.15) is 30.5 Å². The third-order valence-electron chi connectivity index (χ3n) is 4.21. The summed E-state index contributed by atoms with van der Waals surface area (Å²) >= 11 is 0. The molecule has 5 nitrogen and oxygen atoms in total. The second kappa shape index (κ2) is 6.67. The number of fused-ring (bicyclic) bond motifs is 1. The van der Waals surface area contributed by atoms with Crippen LogP contribution in [0.4, 0.5) is 16.2 Å².